The van der Waals surface area contributed by atoms with Gasteiger partial charge in [0.25, 0.3) is 0 Å². The number of ether oxygens (including phenoxy) is 1. The number of hydrogen-bond donors (Lipinski definition) is 2. The lowest BCUT2D eigenvalue weighted by Gasteiger charge is -2.17. The number of aliphatic hydroxyl groups excluding tert-OH is 1. The van der Waals surface area contributed by atoms with Crippen LogP contribution < -0.4 is 10.1 Å². The summed E-state index contributed by atoms with van der Waals surface area (Å²) in [5.74, 6) is 0.711. The van der Waals surface area contributed by atoms with Gasteiger partial charge in [0, 0.05) is 22.3 Å². The van der Waals surface area contributed by atoms with Gasteiger partial charge in [-0.3, -0.25) is 0 Å². The van der Waals surface area contributed by atoms with Gasteiger partial charge < -0.3 is 15.2 Å². The van der Waals surface area contributed by atoms with Crippen LogP contribution in [0.3, 0.4) is 0 Å². The van der Waals surface area contributed by atoms with E-state index in [1.165, 1.54) is 0 Å². The van der Waals surface area contributed by atoms with Crippen molar-refractivity contribution in [3.63, 3.8) is 0 Å². The molecule has 4 heteroatoms. The standard InChI is InChI=1S/C17H20BrNO2/c1-11-4-7-17(21-3)14(8-11)16(20)10-19-15-6-5-13(18)9-12(15)2/h4-9,16,19-20H,10H2,1-3H3. The van der Waals surface area contributed by atoms with Crippen molar-refractivity contribution in [2.45, 2.75) is 20.0 Å². The molecular weight excluding hydrogens is 330 g/mol. The van der Waals surface area contributed by atoms with Crippen molar-refractivity contribution in [2.75, 3.05) is 19.0 Å². The second-order valence-corrected chi connectivity index (χ2v) is 6.02. The monoisotopic (exact) mass is 349 g/mol. The van der Waals surface area contributed by atoms with Crippen molar-refractivity contribution < 1.29 is 9.84 Å². The molecule has 3 nitrogen and oxygen atoms in total. The van der Waals surface area contributed by atoms with Gasteiger partial charge in [-0.2, -0.15) is 0 Å². The van der Waals surface area contributed by atoms with Crippen molar-refractivity contribution >= 4 is 21.6 Å². The van der Waals surface area contributed by atoms with Crippen LogP contribution in [0.15, 0.2) is 40.9 Å². The van der Waals surface area contributed by atoms with E-state index in [-0.39, 0.29) is 0 Å². The van der Waals surface area contributed by atoms with Crippen LogP contribution in [0.1, 0.15) is 22.8 Å². The van der Waals surface area contributed by atoms with Crippen LogP contribution in [0.5, 0.6) is 5.75 Å². The molecule has 0 spiro atoms. The molecule has 0 fully saturated rings. The molecule has 0 radical (unpaired) electrons. The number of rotatable bonds is 5. The lowest BCUT2D eigenvalue weighted by Crippen LogP contribution is -2.13. The van der Waals surface area contributed by atoms with Crippen molar-refractivity contribution in [1.29, 1.82) is 0 Å². The van der Waals surface area contributed by atoms with E-state index in [9.17, 15) is 5.11 Å². The van der Waals surface area contributed by atoms with Crippen LogP contribution in [0, 0.1) is 13.8 Å². The van der Waals surface area contributed by atoms with Gasteiger partial charge in [0.15, 0.2) is 0 Å². The van der Waals surface area contributed by atoms with E-state index in [1.807, 2.05) is 50.2 Å². The Bertz CT molecular complexity index is 628. The molecule has 2 aromatic rings. The number of halogens is 1. The van der Waals surface area contributed by atoms with Crippen LogP contribution in [-0.4, -0.2) is 18.8 Å². The second-order valence-electron chi connectivity index (χ2n) is 5.10. The Kier molecular flexibility index (Phi) is 5.26. The molecule has 2 N–H and O–H groups in total. The molecule has 0 aromatic heterocycles. The maximum atomic E-state index is 10.4. The Morgan fingerprint density at radius 3 is 2.62 bits per heavy atom. The lowest BCUT2D eigenvalue weighted by atomic mass is 10.0. The minimum atomic E-state index is -0.622. The molecule has 0 saturated heterocycles. The molecule has 1 atom stereocenters. The maximum Gasteiger partial charge on any atom is 0.124 e. The first-order valence-electron chi connectivity index (χ1n) is 6.84. The van der Waals surface area contributed by atoms with Gasteiger partial charge in [0.2, 0.25) is 0 Å². The molecule has 2 rings (SSSR count). The van der Waals surface area contributed by atoms with Gasteiger partial charge in [-0.25, -0.2) is 0 Å². The third-order valence-corrected chi connectivity index (χ3v) is 3.91. The highest BCUT2D eigenvalue weighted by molar-refractivity contribution is 9.10. The number of hydrogen-bond acceptors (Lipinski definition) is 3. The fourth-order valence-corrected chi connectivity index (χ4v) is 2.73. The van der Waals surface area contributed by atoms with Crippen LogP contribution in [-0.2, 0) is 0 Å². The largest absolute Gasteiger partial charge is 0.496 e. The van der Waals surface area contributed by atoms with Gasteiger partial charge in [-0.15, -0.1) is 0 Å². The maximum absolute atomic E-state index is 10.4. The first-order valence-corrected chi connectivity index (χ1v) is 7.63. The minimum absolute atomic E-state index is 0.433. The second kappa shape index (κ2) is 6.96. The Labute approximate surface area is 134 Å². The van der Waals surface area contributed by atoms with Crippen molar-refractivity contribution in [1.82, 2.24) is 0 Å². The average Bonchev–Trinajstić information content (AvgIpc) is 2.46. The molecule has 21 heavy (non-hydrogen) atoms. The van der Waals surface area contributed by atoms with Gasteiger partial charge in [0.05, 0.1) is 13.2 Å². The van der Waals surface area contributed by atoms with E-state index < -0.39 is 6.10 Å². The Hall–Kier alpha value is -1.52. The van der Waals surface area contributed by atoms with Crippen molar-refractivity contribution in [2.24, 2.45) is 0 Å². The van der Waals surface area contributed by atoms with E-state index in [2.05, 4.69) is 21.2 Å². The Balaban J connectivity index is 2.11. The number of anilines is 1. The summed E-state index contributed by atoms with van der Waals surface area (Å²) in [5.41, 5.74) is 4.06. The third-order valence-electron chi connectivity index (χ3n) is 3.42. The molecule has 112 valence electrons. The van der Waals surface area contributed by atoms with Crippen LogP contribution >= 0.6 is 15.9 Å². The van der Waals surface area contributed by atoms with E-state index >= 15 is 0 Å². The number of aliphatic hydroxyl groups is 1. The van der Waals surface area contributed by atoms with Crippen LogP contribution in [0.25, 0.3) is 0 Å². The first-order chi connectivity index (χ1) is 10.0. The Morgan fingerprint density at radius 1 is 1.19 bits per heavy atom. The third kappa shape index (κ3) is 3.99. The summed E-state index contributed by atoms with van der Waals surface area (Å²) < 4.78 is 6.37. The molecule has 0 aliphatic rings. The molecule has 0 saturated carbocycles. The van der Waals surface area contributed by atoms with Crippen LogP contribution in [0.2, 0.25) is 0 Å². The summed E-state index contributed by atoms with van der Waals surface area (Å²) in [6, 6.07) is 11.8. The summed E-state index contributed by atoms with van der Waals surface area (Å²) in [6.45, 7) is 4.47. The summed E-state index contributed by atoms with van der Waals surface area (Å²) in [6.07, 6.45) is -0.622. The van der Waals surface area contributed by atoms with E-state index in [0.717, 1.165) is 26.9 Å². The number of aryl methyl sites for hydroxylation is 2. The minimum Gasteiger partial charge on any atom is -0.496 e. The van der Waals surface area contributed by atoms with Gasteiger partial charge in [-0.1, -0.05) is 27.6 Å². The van der Waals surface area contributed by atoms with Gasteiger partial charge in [-0.05, 0) is 49.7 Å². The lowest BCUT2D eigenvalue weighted by molar-refractivity contribution is 0.187. The predicted molar refractivity (Wildman–Crippen MR) is 90.1 cm³/mol. The van der Waals surface area contributed by atoms with E-state index in [0.29, 0.717) is 12.3 Å². The number of methoxy groups -OCH3 is 1. The SMILES string of the molecule is COc1ccc(C)cc1C(O)CNc1ccc(Br)cc1C. The number of nitrogens with one attached hydrogen (secondary N) is 1. The first kappa shape index (κ1) is 15.9. The highest BCUT2D eigenvalue weighted by Crippen LogP contribution is 2.27. The smallest absolute Gasteiger partial charge is 0.124 e. The van der Waals surface area contributed by atoms with E-state index in [4.69, 9.17) is 4.74 Å². The zero-order valence-corrected chi connectivity index (χ0v) is 14.1. The molecule has 0 aliphatic heterocycles. The molecule has 1 unspecified atom stereocenters. The van der Waals surface area contributed by atoms with Gasteiger partial charge in [0.1, 0.15) is 5.75 Å². The zero-order valence-electron chi connectivity index (χ0n) is 12.5. The Morgan fingerprint density at radius 2 is 1.95 bits per heavy atom. The van der Waals surface area contributed by atoms with Crippen molar-refractivity contribution in [3.8, 4) is 5.75 Å². The summed E-state index contributed by atoms with van der Waals surface area (Å²) in [4.78, 5) is 0. The highest BCUT2D eigenvalue weighted by atomic mass is 79.9. The normalized spacial score (nSPS) is 12.0. The quantitative estimate of drug-likeness (QED) is 0.848. The number of benzene rings is 2. The summed E-state index contributed by atoms with van der Waals surface area (Å²) >= 11 is 3.45. The van der Waals surface area contributed by atoms with Gasteiger partial charge >= 0.3 is 0 Å². The summed E-state index contributed by atoms with van der Waals surface area (Å²) in [7, 11) is 1.62. The fourth-order valence-electron chi connectivity index (χ4n) is 2.26. The molecule has 0 heterocycles. The zero-order chi connectivity index (χ0) is 15.4. The molecular formula is C17H20BrNO2. The molecule has 0 bridgehead atoms. The summed E-state index contributed by atoms with van der Waals surface area (Å²) in [5, 5.41) is 13.7. The average molecular weight is 350 g/mol. The molecule has 2 aromatic carbocycles. The van der Waals surface area contributed by atoms with E-state index in [1.54, 1.807) is 7.11 Å². The van der Waals surface area contributed by atoms with Crippen molar-refractivity contribution in [3.05, 3.63) is 57.6 Å². The van der Waals surface area contributed by atoms with Crippen LogP contribution in [0.4, 0.5) is 5.69 Å². The fraction of sp³-hybridized carbons (Fsp3) is 0.294. The highest BCUT2D eigenvalue weighted by Gasteiger charge is 2.13. The topological polar surface area (TPSA) is 41.5 Å². The molecule has 0 aliphatic carbocycles. The molecule has 0 amide bonds. The predicted octanol–water partition coefficient (Wildman–Crippen LogP) is 4.22.